The van der Waals surface area contributed by atoms with Crippen molar-refractivity contribution in [2.24, 2.45) is 7.05 Å². The van der Waals surface area contributed by atoms with Gasteiger partial charge in [0.1, 0.15) is 0 Å². The van der Waals surface area contributed by atoms with E-state index in [4.69, 9.17) is 5.73 Å². The van der Waals surface area contributed by atoms with Crippen LogP contribution in [0.3, 0.4) is 0 Å². The van der Waals surface area contributed by atoms with E-state index in [0.717, 1.165) is 11.4 Å². The monoisotopic (exact) mass is 270 g/mol. The third-order valence-corrected chi connectivity index (χ3v) is 3.41. The lowest BCUT2D eigenvalue weighted by Crippen LogP contribution is -2.30. The fourth-order valence-corrected chi connectivity index (χ4v) is 2.43. The van der Waals surface area contributed by atoms with E-state index in [1.165, 1.54) is 4.90 Å². The average Bonchev–Trinajstić information content (AvgIpc) is 2.82. The van der Waals surface area contributed by atoms with Gasteiger partial charge in [-0.2, -0.15) is 5.10 Å². The molecule has 6 heteroatoms. The summed E-state index contributed by atoms with van der Waals surface area (Å²) in [5.41, 5.74) is 8.58. The Kier molecular flexibility index (Phi) is 2.60. The molecule has 0 bridgehead atoms. The Morgan fingerprint density at radius 1 is 1.15 bits per heavy atom. The molecule has 1 aliphatic heterocycles. The molecule has 1 aliphatic rings. The molecular weight excluding hydrogens is 256 g/mol. The molecule has 2 N–H and O–H groups in total. The number of aryl methyl sites for hydroxylation is 2. The van der Waals surface area contributed by atoms with Crippen LogP contribution < -0.4 is 5.73 Å². The topological polar surface area (TPSA) is 81.2 Å². The Hall–Kier alpha value is -2.63. The first kappa shape index (κ1) is 12.4. The van der Waals surface area contributed by atoms with Gasteiger partial charge in [0.15, 0.2) is 0 Å². The predicted molar refractivity (Wildman–Crippen MR) is 73.0 cm³/mol. The summed E-state index contributed by atoms with van der Waals surface area (Å²) in [5, 5.41) is 4.21. The highest BCUT2D eigenvalue weighted by Gasteiger charge is 2.35. The number of carbonyl (C=O) groups excluding carboxylic acids is 2. The first-order valence-corrected chi connectivity index (χ1v) is 6.22. The number of imide groups is 1. The predicted octanol–water partition coefficient (Wildman–Crippen LogP) is 1.11. The minimum absolute atomic E-state index is 0.212. The second-order valence-corrected chi connectivity index (χ2v) is 4.90. The first-order chi connectivity index (χ1) is 9.47. The molecule has 0 saturated carbocycles. The summed E-state index contributed by atoms with van der Waals surface area (Å²) in [7, 11) is 1.79. The summed E-state index contributed by atoms with van der Waals surface area (Å²) in [6, 6.07) is 6.63. The number of nitrogens with zero attached hydrogens (tertiary/aromatic N) is 3. The van der Waals surface area contributed by atoms with Crippen LogP contribution in [0.1, 0.15) is 32.1 Å². The van der Waals surface area contributed by atoms with Crippen molar-refractivity contribution in [2.75, 3.05) is 5.73 Å². The van der Waals surface area contributed by atoms with Gasteiger partial charge in [0, 0.05) is 12.7 Å². The van der Waals surface area contributed by atoms with Crippen LogP contribution in [0.15, 0.2) is 24.3 Å². The Labute approximate surface area is 115 Å². The third-order valence-electron chi connectivity index (χ3n) is 3.41. The molecule has 2 heterocycles. The highest BCUT2D eigenvalue weighted by molar-refractivity contribution is 6.21. The van der Waals surface area contributed by atoms with Gasteiger partial charge in [-0.3, -0.25) is 19.2 Å². The van der Waals surface area contributed by atoms with Gasteiger partial charge >= 0.3 is 0 Å². The Morgan fingerprint density at radius 3 is 2.50 bits per heavy atom. The molecular formula is C14H14N4O2. The van der Waals surface area contributed by atoms with Crippen LogP contribution in [0.4, 0.5) is 5.69 Å². The highest BCUT2D eigenvalue weighted by Crippen LogP contribution is 2.26. The van der Waals surface area contributed by atoms with E-state index in [0.29, 0.717) is 16.8 Å². The largest absolute Gasteiger partial charge is 0.399 e. The lowest BCUT2D eigenvalue weighted by Gasteiger charge is -2.13. The number of nitrogens with two attached hydrogens (primary N) is 1. The second kappa shape index (κ2) is 4.19. The number of amides is 2. The Morgan fingerprint density at radius 2 is 1.85 bits per heavy atom. The van der Waals surface area contributed by atoms with Crippen molar-refractivity contribution in [3.05, 3.63) is 46.8 Å². The maximum absolute atomic E-state index is 12.3. The molecule has 0 fully saturated rings. The van der Waals surface area contributed by atoms with E-state index in [1.807, 2.05) is 13.0 Å². The number of hydrogen-bond donors (Lipinski definition) is 1. The van der Waals surface area contributed by atoms with Crippen molar-refractivity contribution in [2.45, 2.75) is 13.5 Å². The SMILES string of the molecule is Cc1cc(CN2C(=O)c3ccc(N)cc3C2=O)n(C)n1. The fourth-order valence-electron chi connectivity index (χ4n) is 2.43. The number of aromatic nitrogens is 2. The molecule has 102 valence electrons. The number of rotatable bonds is 2. The molecule has 3 rings (SSSR count). The normalized spacial score (nSPS) is 14.0. The van der Waals surface area contributed by atoms with Gasteiger partial charge < -0.3 is 5.73 Å². The minimum atomic E-state index is -0.309. The van der Waals surface area contributed by atoms with Gasteiger partial charge in [-0.25, -0.2) is 0 Å². The maximum atomic E-state index is 12.3. The second-order valence-electron chi connectivity index (χ2n) is 4.90. The van der Waals surface area contributed by atoms with Gasteiger partial charge in [0.25, 0.3) is 11.8 Å². The van der Waals surface area contributed by atoms with Crippen LogP contribution >= 0.6 is 0 Å². The number of benzene rings is 1. The quantitative estimate of drug-likeness (QED) is 0.654. The molecule has 2 aromatic rings. The van der Waals surface area contributed by atoms with Crippen molar-refractivity contribution in [3.8, 4) is 0 Å². The zero-order chi connectivity index (χ0) is 14.4. The molecule has 1 aromatic carbocycles. The van der Waals surface area contributed by atoms with Gasteiger partial charge in [0.2, 0.25) is 0 Å². The van der Waals surface area contributed by atoms with Crippen molar-refractivity contribution in [3.63, 3.8) is 0 Å². The standard InChI is InChI=1S/C14H14N4O2/c1-8-5-10(17(2)16-8)7-18-13(19)11-4-3-9(15)6-12(11)14(18)20/h3-6H,7,15H2,1-2H3. The average molecular weight is 270 g/mol. The van der Waals surface area contributed by atoms with Gasteiger partial charge in [-0.05, 0) is 31.2 Å². The molecule has 0 spiro atoms. The zero-order valence-electron chi connectivity index (χ0n) is 11.3. The first-order valence-electron chi connectivity index (χ1n) is 6.22. The van der Waals surface area contributed by atoms with E-state index in [9.17, 15) is 9.59 Å². The Balaban J connectivity index is 1.96. The minimum Gasteiger partial charge on any atom is -0.399 e. The number of anilines is 1. The number of hydrogen-bond acceptors (Lipinski definition) is 4. The van der Waals surface area contributed by atoms with Crippen LogP contribution in [-0.4, -0.2) is 26.5 Å². The summed E-state index contributed by atoms with van der Waals surface area (Å²) in [5.74, 6) is -0.597. The van der Waals surface area contributed by atoms with Gasteiger partial charge in [-0.15, -0.1) is 0 Å². The van der Waals surface area contributed by atoms with E-state index in [2.05, 4.69) is 5.10 Å². The number of nitrogen functional groups attached to an aromatic ring is 1. The molecule has 1 aromatic heterocycles. The van der Waals surface area contributed by atoms with Crippen molar-refractivity contribution in [1.29, 1.82) is 0 Å². The summed E-state index contributed by atoms with van der Waals surface area (Å²) in [6.45, 7) is 2.08. The van der Waals surface area contributed by atoms with Crippen LogP contribution in [0, 0.1) is 6.92 Å². The number of fused-ring (bicyclic) bond motifs is 1. The Bertz CT molecular complexity index is 733. The zero-order valence-corrected chi connectivity index (χ0v) is 11.3. The van der Waals surface area contributed by atoms with Crippen molar-refractivity contribution < 1.29 is 9.59 Å². The number of carbonyl (C=O) groups is 2. The molecule has 0 aliphatic carbocycles. The van der Waals surface area contributed by atoms with Gasteiger partial charge in [-0.1, -0.05) is 0 Å². The third kappa shape index (κ3) is 1.77. The lowest BCUT2D eigenvalue weighted by atomic mass is 10.1. The lowest BCUT2D eigenvalue weighted by molar-refractivity contribution is 0.0639. The summed E-state index contributed by atoms with van der Waals surface area (Å²) in [6.07, 6.45) is 0. The molecule has 6 nitrogen and oxygen atoms in total. The summed E-state index contributed by atoms with van der Waals surface area (Å²) < 4.78 is 1.67. The molecule has 2 amide bonds. The van der Waals surface area contributed by atoms with Crippen LogP contribution in [-0.2, 0) is 13.6 Å². The molecule has 0 unspecified atom stereocenters. The van der Waals surface area contributed by atoms with E-state index in [1.54, 1.807) is 29.9 Å². The summed E-state index contributed by atoms with van der Waals surface area (Å²) >= 11 is 0. The molecule has 0 radical (unpaired) electrons. The van der Waals surface area contributed by atoms with Crippen LogP contribution in [0.25, 0.3) is 0 Å². The van der Waals surface area contributed by atoms with Crippen molar-refractivity contribution >= 4 is 17.5 Å². The fraction of sp³-hybridized carbons (Fsp3) is 0.214. The van der Waals surface area contributed by atoms with E-state index in [-0.39, 0.29) is 18.4 Å². The van der Waals surface area contributed by atoms with Gasteiger partial charge in [0.05, 0.1) is 29.1 Å². The van der Waals surface area contributed by atoms with E-state index >= 15 is 0 Å². The highest BCUT2D eigenvalue weighted by atomic mass is 16.2. The van der Waals surface area contributed by atoms with Crippen LogP contribution in [0.5, 0.6) is 0 Å². The summed E-state index contributed by atoms with van der Waals surface area (Å²) in [4.78, 5) is 25.8. The smallest absolute Gasteiger partial charge is 0.261 e. The maximum Gasteiger partial charge on any atom is 0.261 e. The molecule has 20 heavy (non-hydrogen) atoms. The van der Waals surface area contributed by atoms with E-state index < -0.39 is 0 Å². The van der Waals surface area contributed by atoms with Crippen molar-refractivity contribution in [1.82, 2.24) is 14.7 Å². The van der Waals surface area contributed by atoms with Crippen LogP contribution in [0.2, 0.25) is 0 Å². The molecule has 0 saturated heterocycles. The molecule has 0 atom stereocenters.